The van der Waals surface area contributed by atoms with Crippen LogP contribution < -0.4 is 14.8 Å². The lowest BCUT2D eigenvalue weighted by Gasteiger charge is -2.21. The summed E-state index contributed by atoms with van der Waals surface area (Å²) >= 11 is 0. The molecule has 35 heavy (non-hydrogen) atoms. The summed E-state index contributed by atoms with van der Waals surface area (Å²) in [5.41, 5.74) is 2.66. The van der Waals surface area contributed by atoms with E-state index in [1.165, 1.54) is 0 Å². The van der Waals surface area contributed by atoms with Crippen LogP contribution in [-0.2, 0) is 0 Å². The molecule has 0 saturated heterocycles. The van der Waals surface area contributed by atoms with Gasteiger partial charge in [-0.3, -0.25) is 9.69 Å². The number of carbonyl (C=O) groups excluding carboxylic acids is 1. The lowest BCUT2D eigenvalue weighted by Crippen LogP contribution is -2.30. The van der Waals surface area contributed by atoms with E-state index in [1.54, 1.807) is 49.6 Å². The van der Waals surface area contributed by atoms with Gasteiger partial charge in [0.2, 0.25) is 0 Å². The Bertz CT molecular complexity index is 1050. The van der Waals surface area contributed by atoms with Gasteiger partial charge in [-0.1, -0.05) is 56.3 Å². The maximum atomic E-state index is 12.8. The number of nitrogens with zero attached hydrogens (tertiary/aromatic N) is 1. The molecule has 0 heterocycles. The minimum atomic E-state index is -0.736. The molecule has 1 atom stereocenters. The van der Waals surface area contributed by atoms with E-state index in [0.717, 1.165) is 43.6 Å². The topological polar surface area (TPSA) is 71.0 Å². The summed E-state index contributed by atoms with van der Waals surface area (Å²) < 4.78 is 11.5. The molecule has 6 nitrogen and oxygen atoms in total. The van der Waals surface area contributed by atoms with Crippen LogP contribution in [0.5, 0.6) is 11.5 Å². The van der Waals surface area contributed by atoms with E-state index in [2.05, 4.69) is 24.1 Å². The second-order valence-corrected chi connectivity index (χ2v) is 8.45. The number of anilines is 1. The predicted molar refractivity (Wildman–Crippen MR) is 140 cm³/mol. The number of nitrogens with one attached hydrogen (secondary N) is 1. The zero-order chi connectivity index (χ0) is 25.0. The van der Waals surface area contributed by atoms with Crippen LogP contribution in [0.4, 0.5) is 5.69 Å². The van der Waals surface area contributed by atoms with E-state index in [1.807, 2.05) is 30.3 Å². The molecule has 0 fully saturated rings. The molecule has 0 radical (unpaired) electrons. The molecular weight excluding hydrogens is 440 g/mol. The van der Waals surface area contributed by atoms with Gasteiger partial charge in [0.05, 0.1) is 7.11 Å². The number of aliphatic hydroxyl groups is 1. The molecule has 1 amide bonds. The van der Waals surface area contributed by atoms with E-state index in [4.69, 9.17) is 9.47 Å². The highest BCUT2D eigenvalue weighted by Gasteiger charge is 2.13. The third kappa shape index (κ3) is 7.57. The molecule has 3 rings (SSSR count). The van der Waals surface area contributed by atoms with Gasteiger partial charge in [0, 0.05) is 23.9 Å². The molecule has 6 heteroatoms. The molecule has 0 aliphatic heterocycles. The van der Waals surface area contributed by atoms with Gasteiger partial charge in [-0.25, -0.2) is 0 Å². The summed E-state index contributed by atoms with van der Waals surface area (Å²) in [6.07, 6.45) is 1.48. The van der Waals surface area contributed by atoms with Gasteiger partial charge in [0.25, 0.3) is 5.91 Å². The molecule has 3 aromatic rings. The maximum absolute atomic E-state index is 12.8. The summed E-state index contributed by atoms with van der Waals surface area (Å²) in [5, 5.41) is 13.5. The molecule has 1 unspecified atom stereocenters. The summed E-state index contributed by atoms with van der Waals surface area (Å²) in [5.74, 6) is 0.985. The summed E-state index contributed by atoms with van der Waals surface area (Å²) in [4.78, 5) is 15.2. The Labute approximate surface area is 208 Å². The van der Waals surface area contributed by atoms with Crippen molar-refractivity contribution in [3.05, 3.63) is 89.5 Å². The zero-order valence-corrected chi connectivity index (χ0v) is 20.9. The van der Waals surface area contributed by atoms with Gasteiger partial charge in [-0.05, 0) is 61.3 Å². The first-order chi connectivity index (χ1) is 17.0. The van der Waals surface area contributed by atoms with Gasteiger partial charge in [-0.2, -0.15) is 0 Å². The quantitative estimate of drug-likeness (QED) is 0.339. The highest BCUT2D eigenvalue weighted by atomic mass is 16.5. The molecule has 0 aliphatic carbocycles. The third-order valence-electron chi connectivity index (χ3n) is 5.77. The SMILES string of the molecule is CCCN(CCC)CCOc1cc(NC(=O)c2ccc(C(O)c3ccccc3)cc2)ccc1OC. The molecule has 0 aromatic heterocycles. The Kier molecular flexibility index (Phi) is 10.1. The van der Waals surface area contributed by atoms with Crippen LogP contribution in [0.3, 0.4) is 0 Å². The predicted octanol–water partition coefficient (Wildman–Crippen LogP) is 5.53. The standard InChI is InChI=1S/C29H36N2O4/c1-4-17-31(18-5-2)19-20-35-27-21-25(15-16-26(27)34-3)30-29(33)24-13-11-23(12-14-24)28(32)22-9-7-6-8-10-22/h6-16,21,28,32H,4-5,17-20H2,1-3H3,(H,30,33). The van der Waals surface area contributed by atoms with Gasteiger partial charge in [0.1, 0.15) is 12.7 Å². The Hall–Kier alpha value is -3.35. The fourth-order valence-corrected chi connectivity index (χ4v) is 3.97. The van der Waals surface area contributed by atoms with Crippen molar-refractivity contribution in [2.24, 2.45) is 0 Å². The second-order valence-electron chi connectivity index (χ2n) is 8.45. The first-order valence-electron chi connectivity index (χ1n) is 12.2. The average Bonchev–Trinajstić information content (AvgIpc) is 2.89. The van der Waals surface area contributed by atoms with Crippen LogP contribution in [-0.4, -0.2) is 49.3 Å². The van der Waals surface area contributed by atoms with E-state index in [-0.39, 0.29) is 5.91 Å². The lowest BCUT2D eigenvalue weighted by molar-refractivity contribution is 0.102. The normalized spacial score (nSPS) is 11.8. The van der Waals surface area contributed by atoms with Crippen molar-refractivity contribution in [1.82, 2.24) is 4.90 Å². The van der Waals surface area contributed by atoms with Crippen molar-refractivity contribution in [2.75, 3.05) is 38.7 Å². The van der Waals surface area contributed by atoms with Gasteiger partial charge in [0.15, 0.2) is 11.5 Å². The molecule has 0 bridgehead atoms. The summed E-state index contributed by atoms with van der Waals surface area (Å²) in [7, 11) is 1.60. The third-order valence-corrected chi connectivity index (χ3v) is 5.77. The monoisotopic (exact) mass is 476 g/mol. The Morgan fingerprint density at radius 1 is 0.886 bits per heavy atom. The van der Waals surface area contributed by atoms with Gasteiger partial charge < -0.3 is 19.9 Å². The number of benzene rings is 3. The number of aliphatic hydroxyl groups excluding tert-OH is 1. The van der Waals surface area contributed by atoms with Crippen LogP contribution >= 0.6 is 0 Å². The van der Waals surface area contributed by atoms with E-state index >= 15 is 0 Å². The summed E-state index contributed by atoms with van der Waals surface area (Å²) in [6.45, 7) is 7.83. The van der Waals surface area contributed by atoms with Crippen LogP contribution in [0.25, 0.3) is 0 Å². The lowest BCUT2D eigenvalue weighted by atomic mass is 10.0. The zero-order valence-electron chi connectivity index (χ0n) is 20.9. The van der Waals surface area contributed by atoms with Crippen LogP contribution in [0, 0.1) is 0 Å². The van der Waals surface area contributed by atoms with Crippen molar-refractivity contribution in [1.29, 1.82) is 0 Å². The smallest absolute Gasteiger partial charge is 0.255 e. The largest absolute Gasteiger partial charge is 0.493 e. The number of amides is 1. The van der Waals surface area contributed by atoms with Crippen molar-refractivity contribution >= 4 is 11.6 Å². The van der Waals surface area contributed by atoms with Gasteiger partial charge in [-0.15, -0.1) is 0 Å². The first-order valence-corrected chi connectivity index (χ1v) is 12.2. The van der Waals surface area contributed by atoms with Crippen LogP contribution in [0.2, 0.25) is 0 Å². The molecule has 3 aromatic carbocycles. The fourth-order valence-electron chi connectivity index (χ4n) is 3.97. The molecule has 0 saturated carbocycles. The molecule has 0 aliphatic rings. The van der Waals surface area contributed by atoms with Crippen molar-refractivity contribution in [2.45, 2.75) is 32.8 Å². The van der Waals surface area contributed by atoms with E-state index < -0.39 is 6.10 Å². The van der Waals surface area contributed by atoms with Crippen molar-refractivity contribution in [3.63, 3.8) is 0 Å². The molecule has 2 N–H and O–H groups in total. The number of ether oxygens (including phenoxy) is 2. The van der Waals surface area contributed by atoms with Gasteiger partial charge >= 0.3 is 0 Å². The van der Waals surface area contributed by atoms with Crippen molar-refractivity contribution < 1.29 is 19.4 Å². The van der Waals surface area contributed by atoms with Crippen molar-refractivity contribution in [3.8, 4) is 11.5 Å². The van der Waals surface area contributed by atoms with E-state index in [9.17, 15) is 9.90 Å². The minimum absolute atomic E-state index is 0.237. The summed E-state index contributed by atoms with van der Waals surface area (Å²) in [6, 6.07) is 21.8. The molecule has 0 spiro atoms. The average molecular weight is 477 g/mol. The highest BCUT2D eigenvalue weighted by molar-refractivity contribution is 6.04. The number of carbonyl (C=O) groups is 1. The van der Waals surface area contributed by atoms with Crippen LogP contribution in [0.1, 0.15) is 54.3 Å². The highest BCUT2D eigenvalue weighted by Crippen LogP contribution is 2.30. The second kappa shape index (κ2) is 13.5. The number of rotatable bonds is 13. The Morgan fingerprint density at radius 3 is 2.17 bits per heavy atom. The Balaban J connectivity index is 1.63. The number of methoxy groups -OCH3 is 1. The molecular formula is C29H36N2O4. The number of hydrogen-bond donors (Lipinski definition) is 2. The number of hydrogen-bond acceptors (Lipinski definition) is 5. The Morgan fingerprint density at radius 2 is 1.54 bits per heavy atom. The van der Waals surface area contributed by atoms with Crippen LogP contribution in [0.15, 0.2) is 72.8 Å². The fraction of sp³-hybridized carbons (Fsp3) is 0.345. The maximum Gasteiger partial charge on any atom is 0.255 e. The first kappa shape index (κ1) is 26.3. The molecule has 186 valence electrons. The van der Waals surface area contributed by atoms with E-state index in [0.29, 0.717) is 29.4 Å². The minimum Gasteiger partial charge on any atom is -0.493 e.